The molecule has 0 bridgehead atoms. The predicted octanol–water partition coefficient (Wildman–Crippen LogP) is 1.85. The van der Waals surface area contributed by atoms with Crippen LogP contribution < -0.4 is 20.9 Å². The first-order valence-corrected chi connectivity index (χ1v) is 11.8. The van der Waals surface area contributed by atoms with E-state index in [2.05, 4.69) is 5.32 Å². The minimum atomic E-state index is -0.767. The lowest BCUT2D eigenvalue weighted by molar-refractivity contribution is -0.132. The number of carbonyl (C=O) groups is 3. The molecule has 35 heavy (non-hydrogen) atoms. The van der Waals surface area contributed by atoms with Crippen LogP contribution in [0.5, 0.6) is 0 Å². The van der Waals surface area contributed by atoms with E-state index in [1.54, 1.807) is 24.0 Å². The molecule has 0 saturated carbocycles. The fourth-order valence-corrected chi connectivity index (χ4v) is 4.31. The Hall–Kier alpha value is -3.66. The molecule has 2 aliphatic heterocycles. The van der Waals surface area contributed by atoms with Crippen molar-refractivity contribution in [2.45, 2.75) is 32.0 Å². The largest absolute Gasteiger partial charge is 0.423 e. The quantitative estimate of drug-likeness (QED) is 0.622. The van der Waals surface area contributed by atoms with E-state index in [4.69, 9.17) is 10.5 Å². The molecule has 186 valence electrons. The van der Waals surface area contributed by atoms with Gasteiger partial charge in [-0.25, -0.2) is 9.18 Å². The smallest absolute Gasteiger partial charge is 0.416 e. The van der Waals surface area contributed by atoms with E-state index in [0.29, 0.717) is 44.0 Å². The Bertz CT molecular complexity index is 1070. The Morgan fingerprint density at radius 2 is 1.86 bits per heavy atom. The number of halogens is 1. The summed E-state index contributed by atoms with van der Waals surface area (Å²) in [7, 11) is 0. The molecule has 3 N–H and O–H groups in total. The first-order valence-electron chi connectivity index (χ1n) is 11.8. The molecule has 2 atom stereocenters. The van der Waals surface area contributed by atoms with Crippen molar-refractivity contribution < 1.29 is 23.5 Å². The van der Waals surface area contributed by atoms with E-state index in [-0.39, 0.29) is 24.8 Å². The molecule has 2 heterocycles. The Morgan fingerprint density at radius 1 is 1.14 bits per heavy atom. The van der Waals surface area contributed by atoms with Gasteiger partial charge in [0.05, 0.1) is 24.0 Å². The second-order valence-electron chi connectivity index (χ2n) is 8.65. The van der Waals surface area contributed by atoms with E-state index in [0.717, 1.165) is 5.56 Å². The summed E-state index contributed by atoms with van der Waals surface area (Å²) in [5.74, 6) is -0.816. The molecule has 2 aliphatic rings. The summed E-state index contributed by atoms with van der Waals surface area (Å²) in [6.07, 6.45) is -0.665. The molecule has 2 aromatic rings. The number of nitrogens with two attached hydrogens (primary N) is 1. The van der Waals surface area contributed by atoms with Crippen LogP contribution in [0.2, 0.25) is 0 Å². The van der Waals surface area contributed by atoms with Gasteiger partial charge < -0.3 is 25.6 Å². The average molecular weight is 484 g/mol. The molecule has 4 rings (SSSR count). The average Bonchev–Trinajstić information content (AvgIpc) is 3.23. The lowest BCUT2D eigenvalue weighted by Crippen LogP contribution is -2.53. The maximum Gasteiger partial charge on any atom is 0.416 e. The maximum absolute atomic E-state index is 15.0. The summed E-state index contributed by atoms with van der Waals surface area (Å²) in [5, 5.41) is 2.60. The summed E-state index contributed by atoms with van der Waals surface area (Å²) in [5.41, 5.74) is 7.91. The molecular weight excluding hydrogens is 453 g/mol. The molecule has 9 nitrogen and oxygen atoms in total. The van der Waals surface area contributed by atoms with E-state index in [1.165, 1.54) is 11.0 Å². The maximum atomic E-state index is 15.0. The van der Waals surface area contributed by atoms with Gasteiger partial charge in [-0.05, 0) is 30.2 Å². The van der Waals surface area contributed by atoms with E-state index < -0.39 is 24.2 Å². The zero-order valence-corrected chi connectivity index (χ0v) is 19.7. The van der Waals surface area contributed by atoms with Crippen molar-refractivity contribution in [3.05, 3.63) is 59.9 Å². The Labute approximate surface area is 203 Å². The van der Waals surface area contributed by atoms with Crippen LogP contribution in [0.4, 0.5) is 20.6 Å². The molecule has 10 heteroatoms. The zero-order valence-electron chi connectivity index (χ0n) is 19.7. The second kappa shape index (κ2) is 10.7. The third kappa shape index (κ3) is 5.71. The van der Waals surface area contributed by atoms with Crippen molar-refractivity contribution in [1.29, 1.82) is 0 Å². The van der Waals surface area contributed by atoms with Gasteiger partial charge in [0.15, 0.2) is 6.23 Å². The van der Waals surface area contributed by atoms with Gasteiger partial charge in [0, 0.05) is 32.6 Å². The van der Waals surface area contributed by atoms with Crippen LogP contribution in [-0.4, -0.2) is 67.8 Å². The van der Waals surface area contributed by atoms with Gasteiger partial charge in [-0.2, -0.15) is 0 Å². The van der Waals surface area contributed by atoms with Crippen molar-refractivity contribution in [2.75, 3.05) is 42.5 Å². The third-order valence-electron chi connectivity index (χ3n) is 6.25. The first-order chi connectivity index (χ1) is 16.9. The number of benzene rings is 2. The van der Waals surface area contributed by atoms with Crippen molar-refractivity contribution in [1.82, 2.24) is 10.2 Å². The molecule has 0 aromatic heterocycles. The van der Waals surface area contributed by atoms with Crippen molar-refractivity contribution >= 4 is 29.3 Å². The second-order valence-corrected chi connectivity index (χ2v) is 8.65. The van der Waals surface area contributed by atoms with Gasteiger partial charge in [-0.3, -0.25) is 14.5 Å². The minimum absolute atomic E-state index is 0.105. The van der Waals surface area contributed by atoms with Crippen LogP contribution in [-0.2, 0) is 20.7 Å². The monoisotopic (exact) mass is 483 g/mol. The molecule has 2 saturated heterocycles. The Kier molecular flexibility index (Phi) is 7.50. The fourth-order valence-electron chi connectivity index (χ4n) is 4.31. The molecule has 0 radical (unpaired) electrons. The summed E-state index contributed by atoms with van der Waals surface area (Å²) in [6.45, 7) is 3.63. The molecule has 3 amide bonds. The van der Waals surface area contributed by atoms with Crippen LogP contribution in [0.15, 0.2) is 48.5 Å². The first kappa shape index (κ1) is 24.5. The van der Waals surface area contributed by atoms with Gasteiger partial charge in [-0.1, -0.05) is 37.3 Å². The highest BCUT2D eigenvalue weighted by Crippen LogP contribution is 2.28. The number of amides is 3. The van der Waals surface area contributed by atoms with Gasteiger partial charge >= 0.3 is 6.09 Å². The highest BCUT2D eigenvalue weighted by atomic mass is 19.1. The highest BCUT2D eigenvalue weighted by Gasteiger charge is 2.34. The number of piperazine rings is 1. The summed E-state index contributed by atoms with van der Waals surface area (Å²) < 4.78 is 20.2. The zero-order chi connectivity index (χ0) is 24.9. The number of nitrogens with zero attached hydrogens (tertiary/aromatic N) is 3. The minimum Gasteiger partial charge on any atom is -0.423 e. The lowest BCUT2D eigenvalue weighted by atomic mass is 10.1. The summed E-state index contributed by atoms with van der Waals surface area (Å²) >= 11 is 0. The number of nitrogens with one attached hydrogen (secondary N) is 1. The summed E-state index contributed by atoms with van der Waals surface area (Å²) in [6, 6.07) is 13.6. The lowest BCUT2D eigenvalue weighted by Gasteiger charge is -2.37. The number of hydrogen-bond donors (Lipinski definition) is 2. The van der Waals surface area contributed by atoms with Crippen LogP contribution >= 0.6 is 0 Å². The normalized spacial score (nSPS) is 18.9. The number of cyclic esters (lactones) is 1. The van der Waals surface area contributed by atoms with Gasteiger partial charge in [0.2, 0.25) is 11.8 Å². The number of rotatable bonds is 7. The highest BCUT2D eigenvalue weighted by molar-refractivity contribution is 5.90. The van der Waals surface area contributed by atoms with Crippen molar-refractivity contribution in [3.63, 3.8) is 0 Å². The fraction of sp³-hybridized carbons (Fsp3) is 0.400. The molecule has 2 aromatic carbocycles. The molecule has 0 aliphatic carbocycles. The van der Waals surface area contributed by atoms with E-state index in [1.807, 2.05) is 35.2 Å². The Balaban J connectivity index is 1.33. The Morgan fingerprint density at radius 3 is 2.51 bits per heavy atom. The van der Waals surface area contributed by atoms with E-state index in [9.17, 15) is 14.4 Å². The topological polar surface area (TPSA) is 108 Å². The molecular formula is C25H30FN5O4. The number of carbonyl (C=O) groups excluding carboxylic acids is 3. The van der Waals surface area contributed by atoms with Gasteiger partial charge in [-0.15, -0.1) is 0 Å². The SMILES string of the molecule is CCC(=O)N[C@@H]1CN(c2ccc(N3CCN(C(=O)[C@@H](N)Cc4ccccc4)CC3)c(F)c2)C(=O)O1. The van der Waals surface area contributed by atoms with E-state index >= 15 is 4.39 Å². The van der Waals surface area contributed by atoms with Crippen molar-refractivity contribution in [3.8, 4) is 0 Å². The van der Waals surface area contributed by atoms with Crippen molar-refractivity contribution in [2.24, 2.45) is 5.73 Å². The summed E-state index contributed by atoms with van der Waals surface area (Å²) in [4.78, 5) is 41.4. The van der Waals surface area contributed by atoms with Crippen LogP contribution in [0, 0.1) is 5.82 Å². The predicted molar refractivity (Wildman–Crippen MR) is 129 cm³/mol. The number of anilines is 2. The van der Waals surface area contributed by atoms with Gasteiger partial charge in [0.1, 0.15) is 5.82 Å². The molecule has 0 unspecified atom stereocenters. The standard InChI is InChI=1S/C25H30FN5O4/c1-2-22(32)28-23-16-31(25(34)35-23)18-8-9-21(19(26)15-18)29-10-12-30(13-11-29)24(33)20(27)14-17-6-4-3-5-7-17/h3-9,15,20,23H,2,10-14,16,27H2,1H3,(H,28,32)/t20-,23-/m0/s1. The van der Waals surface area contributed by atoms with Crippen LogP contribution in [0.1, 0.15) is 18.9 Å². The van der Waals surface area contributed by atoms with Gasteiger partial charge in [0.25, 0.3) is 0 Å². The third-order valence-corrected chi connectivity index (χ3v) is 6.25. The molecule has 2 fully saturated rings. The number of ether oxygens (including phenoxy) is 1. The van der Waals surface area contributed by atoms with Crippen LogP contribution in [0.3, 0.4) is 0 Å². The molecule has 0 spiro atoms. The number of hydrogen-bond acceptors (Lipinski definition) is 6. The van der Waals surface area contributed by atoms with Crippen LogP contribution in [0.25, 0.3) is 0 Å².